The highest BCUT2D eigenvalue weighted by Crippen LogP contribution is 2.56. The number of hydrogen-bond acceptors (Lipinski definition) is 3. The molecule has 0 bridgehead atoms. The van der Waals surface area contributed by atoms with Gasteiger partial charge in [0, 0.05) is 29.0 Å². The third-order valence-electron chi connectivity index (χ3n) is 9.10. The Balaban J connectivity index is 1.38. The molecule has 1 nitrogen and oxygen atoms in total. The van der Waals surface area contributed by atoms with E-state index in [0.717, 1.165) is 5.75 Å². The Morgan fingerprint density at radius 1 is 0.619 bits per heavy atom. The van der Waals surface area contributed by atoms with Crippen molar-refractivity contribution in [2.45, 2.75) is 83.5 Å². The summed E-state index contributed by atoms with van der Waals surface area (Å²) in [6, 6.07) is 27.6. The van der Waals surface area contributed by atoms with Gasteiger partial charge in [0.1, 0.15) is 5.75 Å². The molecule has 0 N–H and O–H groups in total. The maximum atomic E-state index is 5.35. The number of hydrogen-bond donors (Lipinski definition) is 0. The number of benzene rings is 3. The van der Waals surface area contributed by atoms with Gasteiger partial charge in [-0.3, -0.25) is 0 Å². The van der Waals surface area contributed by atoms with Gasteiger partial charge in [-0.15, -0.1) is 22.7 Å². The van der Waals surface area contributed by atoms with Crippen molar-refractivity contribution in [3.8, 4) is 37.8 Å². The van der Waals surface area contributed by atoms with Crippen molar-refractivity contribution in [3.05, 3.63) is 88.4 Å². The normalized spacial score (nSPS) is 13.4. The summed E-state index contributed by atoms with van der Waals surface area (Å²) in [6.45, 7) is 4.63. The zero-order valence-electron chi connectivity index (χ0n) is 25.1. The molecule has 0 spiro atoms. The first-order chi connectivity index (χ1) is 20.6. The van der Waals surface area contributed by atoms with Crippen molar-refractivity contribution < 1.29 is 4.74 Å². The molecule has 0 amide bonds. The van der Waals surface area contributed by atoms with Gasteiger partial charge >= 0.3 is 0 Å². The van der Waals surface area contributed by atoms with Crippen LogP contribution in [0.4, 0.5) is 0 Å². The maximum Gasteiger partial charge on any atom is 0.118 e. The van der Waals surface area contributed by atoms with Crippen LogP contribution in [-0.4, -0.2) is 7.11 Å². The Morgan fingerprint density at radius 2 is 1.17 bits per heavy atom. The third-order valence-corrected chi connectivity index (χ3v) is 12.0. The molecule has 0 atom stereocenters. The second-order valence-corrected chi connectivity index (χ2v) is 14.9. The van der Waals surface area contributed by atoms with Gasteiger partial charge in [0.15, 0.2) is 0 Å². The molecule has 2 aromatic heterocycles. The monoisotopic (exact) mass is 656 g/mol. The molecule has 5 aromatic rings. The largest absolute Gasteiger partial charge is 0.497 e. The molecular formula is C38H41BrOS2. The van der Waals surface area contributed by atoms with Crippen LogP contribution >= 0.6 is 38.6 Å². The van der Waals surface area contributed by atoms with Gasteiger partial charge in [0.2, 0.25) is 0 Å². The van der Waals surface area contributed by atoms with Crippen molar-refractivity contribution in [2.75, 3.05) is 7.11 Å². The van der Waals surface area contributed by atoms with Crippen molar-refractivity contribution in [2.24, 2.45) is 0 Å². The van der Waals surface area contributed by atoms with Gasteiger partial charge in [-0.2, -0.15) is 0 Å². The van der Waals surface area contributed by atoms with E-state index >= 15 is 0 Å². The molecular weight excluding hydrogens is 616 g/mol. The van der Waals surface area contributed by atoms with E-state index in [-0.39, 0.29) is 5.41 Å². The lowest BCUT2D eigenvalue weighted by Gasteiger charge is -2.33. The van der Waals surface area contributed by atoms with E-state index in [2.05, 4.69) is 90.4 Å². The second kappa shape index (κ2) is 13.1. The Kier molecular flexibility index (Phi) is 9.24. The average Bonchev–Trinajstić information content (AvgIpc) is 3.67. The number of methoxy groups -OCH3 is 1. The Bertz CT molecular complexity index is 1620. The molecule has 0 radical (unpaired) electrons. The zero-order valence-corrected chi connectivity index (χ0v) is 28.3. The summed E-state index contributed by atoms with van der Waals surface area (Å²) in [5.74, 6) is 0.900. The predicted molar refractivity (Wildman–Crippen MR) is 189 cm³/mol. The van der Waals surface area contributed by atoms with Gasteiger partial charge in [-0.1, -0.05) is 99.3 Å². The minimum absolute atomic E-state index is 0.0993. The molecule has 0 saturated heterocycles. The molecule has 0 aliphatic heterocycles. The highest BCUT2D eigenvalue weighted by molar-refractivity contribution is 9.10. The zero-order chi connectivity index (χ0) is 29.1. The van der Waals surface area contributed by atoms with E-state index in [9.17, 15) is 0 Å². The molecule has 4 heteroatoms. The summed E-state index contributed by atoms with van der Waals surface area (Å²) in [7, 11) is 1.72. The fraction of sp³-hybridized carbons (Fsp3) is 0.368. The molecule has 6 rings (SSSR count). The first-order valence-electron chi connectivity index (χ1n) is 15.7. The predicted octanol–water partition coefficient (Wildman–Crippen LogP) is 13.3. The first-order valence-corrected chi connectivity index (χ1v) is 18.1. The van der Waals surface area contributed by atoms with Crippen LogP contribution in [0.2, 0.25) is 0 Å². The van der Waals surface area contributed by atoms with Crippen molar-refractivity contribution in [3.63, 3.8) is 0 Å². The summed E-state index contributed by atoms with van der Waals surface area (Å²) < 4.78 is 9.30. The second-order valence-electron chi connectivity index (χ2n) is 11.8. The molecule has 0 fully saturated rings. The molecule has 3 aromatic carbocycles. The van der Waals surface area contributed by atoms with E-state index in [1.165, 1.54) is 110 Å². The van der Waals surface area contributed by atoms with Crippen LogP contribution in [-0.2, 0) is 5.41 Å². The lowest BCUT2D eigenvalue weighted by Crippen LogP contribution is -2.25. The molecule has 42 heavy (non-hydrogen) atoms. The summed E-state index contributed by atoms with van der Waals surface area (Å²) in [5, 5.41) is 0. The van der Waals surface area contributed by atoms with Crippen LogP contribution in [0.3, 0.4) is 0 Å². The Morgan fingerprint density at radius 3 is 1.76 bits per heavy atom. The smallest absolute Gasteiger partial charge is 0.118 e. The van der Waals surface area contributed by atoms with Crippen LogP contribution in [0.5, 0.6) is 5.75 Å². The highest BCUT2D eigenvalue weighted by Gasteiger charge is 2.42. The van der Waals surface area contributed by atoms with E-state index in [1.54, 1.807) is 18.2 Å². The first kappa shape index (κ1) is 29.7. The minimum Gasteiger partial charge on any atom is -0.497 e. The number of rotatable bonds is 13. The Labute approximate surface area is 268 Å². The van der Waals surface area contributed by atoms with E-state index in [4.69, 9.17) is 4.74 Å². The van der Waals surface area contributed by atoms with Crippen LogP contribution in [0, 0.1) is 0 Å². The van der Waals surface area contributed by atoms with Gasteiger partial charge in [0.05, 0.1) is 7.11 Å². The molecule has 2 heterocycles. The summed E-state index contributed by atoms with van der Waals surface area (Å²) >= 11 is 7.66. The molecule has 0 saturated carbocycles. The lowest BCUT2D eigenvalue weighted by molar-refractivity contribution is 0.401. The summed E-state index contributed by atoms with van der Waals surface area (Å²) in [6.07, 6.45) is 12.9. The SMILES string of the molecule is CCCCCCC1(CCCCCC)c2cc(Br)ccc2-c2ccc(-c3cc4sc(-c5ccc(OC)cc5)cc4s3)cc21. The quantitative estimate of drug-likeness (QED) is 0.115. The standard InChI is InChI=1S/C38H41BrOS2/c1-4-6-8-10-20-38(21-11-9-7-5-2)32-22-27(14-18-30(32)31-19-15-28(39)23-33(31)38)35-25-37-36(42-35)24-34(41-37)26-12-16-29(40-3)17-13-26/h12-19,22-25H,4-11,20-21H2,1-3H3. The van der Waals surface area contributed by atoms with Crippen LogP contribution < -0.4 is 4.74 Å². The van der Waals surface area contributed by atoms with Gasteiger partial charge in [-0.05, 0) is 101 Å². The number of ether oxygens (including phenoxy) is 1. The summed E-state index contributed by atoms with van der Waals surface area (Å²) in [4.78, 5) is 2.70. The van der Waals surface area contributed by atoms with Crippen LogP contribution in [0.1, 0.15) is 89.2 Å². The van der Waals surface area contributed by atoms with Gasteiger partial charge in [0.25, 0.3) is 0 Å². The van der Waals surface area contributed by atoms with E-state index in [0.29, 0.717) is 0 Å². The van der Waals surface area contributed by atoms with Crippen LogP contribution in [0.15, 0.2) is 77.3 Å². The topological polar surface area (TPSA) is 9.23 Å². The number of halogens is 1. The molecule has 1 aliphatic rings. The van der Waals surface area contributed by atoms with Crippen LogP contribution in [0.25, 0.3) is 41.4 Å². The lowest BCUT2D eigenvalue weighted by atomic mass is 9.70. The van der Waals surface area contributed by atoms with Crippen molar-refractivity contribution in [1.29, 1.82) is 0 Å². The van der Waals surface area contributed by atoms with Crippen molar-refractivity contribution >= 4 is 48.0 Å². The number of fused-ring (bicyclic) bond motifs is 4. The highest BCUT2D eigenvalue weighted by atomic mass is 79.9. The minimum atomic E-state index is 0.0993. The maximum absolute atomic E-state index is 5.35. The summed E-state index contributed by atoms with van der Waals surface area (Å²) in [5.41, 5.74) is 8.73. The van der Waals surface area contributed by atoms with Crippen molar-refractivity contribution in [1.82, 2.24) is 0 Å². The molecule has 1 aliphatic carbocycles. The fourth-order valence-corrected chi connectivity index (χ4v) is 9.63. The van der Waals surface area contributed by atoms with E-state index < -0.39 is 0 Å². The Hall–Kier alpha value is -2.40. The fourth-order valence-electron chi connectivity index (χ4n) is 6.87. The molecule has 218 valence electrons. The van der Waals surface area contributed by atoms with Gasteiger partial charge in [-0.25, -0.2) is 0 Å². The molecule has 0 unspecified atom stereocenters. The van der Waals surface area contributed by atoms with E-state index in [1.807, 2.05) is 34.8 Å². The average molecular weight is 658 g/mol. The number of unbranched alkanes of at least 4 members (excludes halogenated alkanes) is 6. The van der Waals surface area contributed by atoms with Gasteiger partial charge < -0.3 is 4.74 Å². The number of thiophene rings is 2. The third kappa shape index (κ3) is 5.75.